The average molecular weight is 261 g/mol. The van der Waals surface area contributed by atoms with Gasteiger partial charge < -0.3 is 10.0 Å². The number of carbonyl (C=O) groups is 1. The molecule has 0 amide bonds. The normalized spacial score (nSPS) is 23.2. The second-order valence-corrected chi connectivity index (χ2v) is 5.03. The van der Waals surface area contributed by atoms with Crippen molar-refractivity contribution in [3.05, 3.63) is 12.5 Å². The Hall–Kier alpha value is -2.18. The average Bonchev–Trinajstić information content (AvgIpc) is 2.94. The first-order valence-corrected chi connectivity index (χ1v) is 6.18. The Morgan fingerprint density at radius 1 is 1.42 bits per heavy atom. The van der Waals surface area contributed by atoms with E-state index in [9.17, 15) is 9.90 Å². The molecule has 7 nitrogen and oxygen atoms in total. The van der Waals surface area contributed by atoms with Gasteiger partial charge in [0, 0.05) is 20.1 Å². The van der Waals surface area contributed by atoms with Crippen molar-refractivity contribution in [1.82, 2.24) is 19.7 Å². The molecule has 0 saturated carbocycles. The van der Waals surface area contributed by atoms with Gasteiger partial charge >= 0.3 is 5.97 Å². The second-order valence-electron chi connectivity index (χ2n) is 5.03. The van der Waals surface area contributed by atoms with Gasteiger partial charge in [0.15, 0.2) is 5.65 Å². The molecule has 1 saturated heterocycles. The minimum Gasteiger partial charge on any atom is -0.481 e. The lowest BCUT2D eigenvalue weighted by atomic mass is 9.99. The van der Waals surface area contributed by atoms with Crippen molar-refractivity contribution in [3.63, 3.8) is 0 Å². The highest BCUT2D eigenvalue weighted by atomic mass is 16.4. The van der Waals surface area contributed by atoms with E-state index in [1.165, 1.54) is 6.33 Å². The Bertz CT molecular complexity index is 638. The van der Waals surface area contributed by atoms with Crippen LogP contribution in [0.3, 0.4) is 0 Å². The molecule has 0 aromatic carbocycles. The van der Waals surface area contributed by atoms with Crippen LogP contribution in [0, 0.1) is 11.8 Å². The van der Waals surface area contributed by atoms with E-state index in [-0.39, 0.29) is 11.8 Å². The quantitative estimate of drug-likeness (QED) is 0.848. The molecule has 1 N–H and O–H groups in total. The van der Waals surface area contributed by atoms with Crippen LogP contribution in [0.25, 0.3) is 11.0 Å². The number of hydrogen-bond acceptors (Lipinski definition) is 5. The number of aliphatic carboxylic acids is 1. The molecule has 0 spiro atoms. The van der Waals surface area contributed by atoms with Crippen LogP contribution in [0.4, 0.5) is 5.82 Å². The summed E-state index contributed by atoms with van der Waals surface area (Å²) >= 11 is 0. The highest BCUT2D eigenvalue weighted by Gasteiger charge is 2.36. The Balaban J connectivity index is 2.00. The zero-order chi connectivity index (χ0) is 13.6. The van der Waals surface area contributed by atoms with Crippen LogP contribution in [0.15, 0.2) is 12.5 Å². The first-order chi connectivity index (χ1) is 9.08. The lowest BCUT2D eigenvalue weighted by Gasteiger charge is -2.17. The number of anilines is 1. The maximum Gasteiger partial charge on any atom is 0.308 e. The van der Waals surface area contributed by atoms with Crippen molar-refractivity contribution in [2.24, 2.45) is 18.9 Å². The van der Waals surface area contributed by atoms with Gasteiger partial charge in [0.05, 0.1) is 17.5 Å². The lowest BCUT2D eigenvalue weighted by molar-refractivity contribution is -0.142. The molecule has 1 fully saturated rings. The Kier molecular flexibility index (Phi) is 2.62. The number of nitrogens with zero attached hydrogens (tertiary/aromatic N) is 5. The van der Waals surface area contributed by atoms with E-state index >= 15 is 0 Å². The predicted molar refractivity (Wildman–Crippen MR) is 68.8 cm³/mol. The minimum atomic E-state index is -0.744. The molecular formula is C12H15N5O2. The summed E-state index contributed by atoms with van der Waals surface area (Å²) in [6.45, 7) is 3.13. The van der Waals surface area contributed by atoms with Gasteiger partial charge in [-0.05, 0) is 5.92 Å². The first-order valence-electron chi connectivity index (χ1n) is 6.18. The molecule has 19 heavy (non-hydrogen) atoms. The molecule has 2 aromatic heterocycles. The number of carboxylic acid groups (broad SMARTS) is 1. The summed E-state index contributed by atoms with van der Waals surface area (Å²) in [7, 11) is 1.83. The zero-order valence-corrected chi connectivity index (χ0v) is 10.8. The Morgan fingerprint density at radius 3 is 2.89 bits per heavy atom. The zero-order valence-electron chi connectivity index (χ0n) is 10.8. The van der Waals surface area contributed by atoms with Crippen LogP contribution < -0.4 is 4.90 Å². The van der Waals surface area contributed by atoms with Gasteiger partial charge in [-0.15, -0.1) is 0 Å². The van der Waals surface area contributed by atoms with E-state index in [1.54, 1.807) is 10.9 Å². The summed E-state index contributed by atoms with van der Waals surface area (Å²) in [5.41, 5.74) is 0.761. The molecule has 3 rings (SSSR count). The van der Waals surface area contributed by atoms with Crippen molar-refractivity contribution in [2.45, 2.75) is 6.92 Å². The smallest absolute Gasteiger partial charge is 0.308 e. The maximum atomic E-state index is 11.2. The van der Waals surface area contributed by atoms with Gasteiger partial charge in [0.2, 0.25) is 0 Å². The summed E-state index contributed by atoms with van der Waals surface area (Å²) in [6, 6.07) is 0. The van der Waals surface area contributed by atoms with Crippen LogP contribution >= 0.6 is 0 Å². The van der Waals surface area contributed by atoms with Gasteiger partial charge in [0.1, 0.15) is 12.1 Å². The molecule has 2 aromatic rings. The van der Waals surface area contributed by atoms with Gasteiger partial charge in [-0.2, -0.15) is 5.10 Å². The number of carboxylic acids is 1. The number of fused-ring (bicyclic) bond motifs is 1. The monoisotopic (exact) mass is 261 g/mol. The molecule has 0 aliphatic carbocycles. The fourth-order valence-corrected chi connectivity index (χ4v) is 2.66. The van der Waals surface area contributed by atoms with Crippen LogP contribution in [-0.4, -0.2) is 43.9 Å². The van der Waals surface area contributed by atoms with Crippen molar-refractivity contribution < 1.29 is 9.90 Å². The molecule has 7 heteroatoms. The predicted octanol–water partition coefficient (Wildman–Crippen LogP) is 0.520. The second kappa shape index (κ2) is 4.18. The van der Waals surface area contributed by atoms with Crippen LogP contribution in [0.5, 0.6) is 0 Å². The van der Waals surface area contributed by atoms with E-state index in [0.717, 1.165) is 16.9 Å². The van der Waals surface area contributed by atoms with Crippen LogP contribution in [0.1, 0.15) is 6.92 Å². The molecule has 0 radical (unpaired) electrons. The number of rotatable bonds is 2. The number of aryl methyl sites for hydroxylation is 1. The summed E-state index contributed by atoms with van der Waals surface area (Å²) in [5.74, 6) is -0.207. The SMILES string of the molecule is CC1CN(c2ncnc3c2cnn3C)CC1C(=O)O. The van der Waals surface area contributed by atoms with Crippen molar-refractivity contribution in [1.29, 1.82) is 0 Å². The van der Waals surface area contributed by atoms with Crippen molar-refractivity contribution in [2.75, 3.05) is 18.0 Å². The topological polar surface area (TPSA) is 84.1 Å². The fraction of sp³-hybridized carbons (Fsp3) is 0.500. The summed E-state index contributed by atoms with van der Waals surface area (Å²) in [4.78, 5) is 21.7. The third kappa shape index (κ3) is 1.81. The fourth-order valence-electron chi connectivity index (χ4n) is 2.66. The van der Waals surface area contributed by atoms with E-state index in [1.807, 2.05) is 18.9 Å². The summed E-state index contributed by atoms with van der Waals surface area (Å²) in [5, 5.41) is 14.2. The molecule has 2 atom stereocenters. The van der Waals surface area contributed by atoms with E-state index in [4.69, 9.17) is 0 Å². The molecule has 0 bridgehead atoms. The molecule has 1 aliphatic heterocycles. The number of aromatic nitrogens is 4. The van der Waals surface area contributed by atoms with Crippen molar-refractivity contribution in [3.8, 4) is 0 Å². The molecule has 1 aliphatic rings. The van der Waals surface area contributed by atoms with E-state index in [2.05, 4.69) is 15.1 Å². The number of hydrogen-bond donors (Lipinski definition) is 1. The summed E-state index contributed by atoms with van der Waals surface area (Å²) in [6.07, 6.45) is 3.22. The maximum absolute atomic E-state index is 11.2. The largest absolute Gasteiger partial charge is 0.481 e. The molecule has 100 valence electrons. The Morgan fingerprint density at radius 2 is 2.21 bits per heavy atom. The first kappa shape index (κ1) is 11.9. The van der Waals surface area contributed by atoms with E-state index < -0.39 is 5.97 Å². The molecular weight excluding hydrogens is 246 g/mol. The minimum absolute atomic E-state index is 0.110. The van der Waals surface area contributed by atoms with Gasteiger partial charge in [-0.3, -0.25) is 9.48 Å². The lowest BCUT2D eigenvalue weighted by Crippen LogP contribution is -2.23. The van der Waals surface area contributed by atoms with Crippen molar-refractivity contribution >= 4 is 22.8 Å². The molecule has 3 heterocycles. The summed E-state index contributed by atoms with van der Waals surface area (Å²) < 4.78 is 1.69. The Labute approximate surface area is 109 Å². The highest BCUT2D eigenvalue weighted by molar-refractivity contribution is 5.87. The van der Waals surface area contributed by atoms with Gasteiger partial charge in [0.25, 0.3) is 0 Å². The van der Waals surface area contributed by atoms with Crippen LogP contribution in [-0.2, 0) is 11.8 Å². The standard InChI is InChI=1S/C12H15N5O2/c1-7-4-17(5-9(7)12(18)19)11-8-3-15-16(2)10(8)13-6-14-11/h3,6-7,9H,4-5H2,1-2H3,(H,18,19). The third-order valence-corrected chi connectivity index (χ3v) is 3.74. The van der Waals surface area contributed by atoms with Crippen LogP contribution in [0.2, 0.25) is 0 Å². The van der Waals surface area contributed by atoms with E-state index in [0.29, 0.717) is 13.1 Å². The van der Waals surface area contributed by atoms with Gasteiger partial charge in [-0.25, -0.2) is 9.97 Å². The third-order valence-electron chi connectivity index (χ3n) is 3.74. The molecule has 2 unspecified atom stereocenters. The van der Waals surface area contributed by atoms with Gasteiger partial charge in [-0.1, -0.05) is 6.92 Å². The highest BCUT2D eigenvalue weighted by Crippen LogP contribution is 2.30.